The van der Waals surface area contributed by atoms with Crippen molar-refractivity contribution in [3.63, 3.8) is 0 Å². The number of para-hydroxylation sites is 1. The van der Waals surface area contributed by atoms with Gasteiger partial charge in [0.25, 0.3) is 0 Å². The summed E-state index contributed by atoms with van der Waals surface area (Å²) < 4.78 is 11.1. The van der Waals surface area contributed by atoms with Crippen molar-refractivity contribution in [3.05, 3.63) is 29.8 Å². The van der Waals surface area contributed by atoms with Crippen LogP contribution < -0.4 is 4.74 Å². The summed E-state index contributed by atoms with van der Waals surface area (Å²) >= 11 is 0. The van der Waals surface area contributed by atoms with Crippen molar-refractivity contribution in [2.24, 2.45) is 0 Å². The van der Waals surface area contributed by atoms with Gasteiger partial charge in [0.15, 0.2) is 0 Å². The molecule has 1 heterocycles. The highest BCUT2D eigenvalue weighted by atomic mass is 16.5. The molecule has 1 aromatic carbocycles. The number of aliphatic hydroxyl groups is 1. The maximum absolute atomic E-state index is 10.2. The molecule has 0 amide bonds. The van der Waals surface area contributed by atoms with E-state index in [2.05, 4.69) is 0 Å². The fourth-order valence-corrected chi connectivity index (χ4v) is 2.18. The van der Waals surface area contributed by atoms with Crippen LogP contribution in [0.3, 0.4) is 0 Å². The minimum absolute atomic E-state index is 0.124. The second-order valence-electron chi connectivity index (χ2n) is 4.73. The first-order chi connectivity index (χ1) is 8.18. The van der Waals surface area contributed by atoms with Crippen LogP contribution in [0.15, 0.2) is 24.3 Å². The van der Waals surface area contributed by atoms with Crippen LogP contribution in [-0.2, 0) is 4.74 Å². The number of hydrogen-bond acceptors (Lipinski definition) is 3. The zero-order valence-corrected chi connectivity index (χ0v) is 10.4. The lowest BCUT2D eigenvalue weighted by Crippen LogP contribution is -2.29. The number of ether oxygens (including phenoxy) is 2. The Bertz CT molecular complexity index is 362. The molecule has 0 aliphatic carbocycles. The molecule has 94 valence electrons. The highest BCUT2D eigenvalue weighted by Gasteiger charge is 2.27. The smallest absolute Gasteiger partial charge is 0.122 e. The van der Waals surface area contributed by atoms with Crippen molar-refractivity contribution in [2.45, 2.75) is 38.4 Å². The number of benzene rings is 1. The summed E-state index contributed by atoms with van der Waals surface area (Å²) in [7, 11) is 0. The van der Waals surface area contributed by atoms with Gasteiger partial charge in [-0.15, -0.1) is 0 Å². The summed E-state index contributed by atoms with van der Waals surface area (Å²) in [6.45, 7) is 5.01. The Labute approximate surface area is 102 Å². The number of aliphatic hydroxyl groups excluding tert-OH is 1. The summed E-state index contributed by atoms with van der Waals surface area (Å²) in [5.41, 5.74) is 1.10. The van der Waals surface area contributed by atoms with Crippen LogP contribution in [0.1, 0.15) is 31.7 Å². The van der Waals surface area contributed by atoms with Crippen molar-refractivity contribution in [1.29, 1.82) is 0 Å². The highest BCUT2D eigenvalue weighted by Crippen LogP contribution is 2.35. The van der Waals surface area contributed by atoms with Crippen LogP contribution in [-0.4, -0.2) is 30.5 Å². The van der Waals surface area contributed by atoms with Crippen molar-refractivity contribution < 1.29 is 14.6 Å². The first-order valence-corrected chi connectivity index (χ1v) is 6.20. The molecule has 1 aliphatic heterocycles. The highest BCUT2D eigenvalue weighted by molar-refractivity contribution is 5.38. The minimum Gasteiger partial charge on any atom is -0.493 e. The van der Waals surface area contributed by atoms with E-state index in [1.165, 1.54) is 0 Å². The van der Waals surface area contributed by atoms with E-state index in [9.17, 15) is 5.11 Å². The molecule has 0 aromatic heterocycles. The predicted octanol–water partition coefficient (Wildman–Crippen LogP) is 2.34. The molecular weight excluding hydrogens is 216 g/mol. The van der Waals surface area contributed by atoms with E-state index < -0.39 is 6.10 Å². The summed E-state index contributed by atoms with van der Waals surface area (Å²) in [6, 6.07) is 7.92. The van der Waals surface area contributed by atoms with Gasteiger partial charge in [0.2, 0.25) is 0 Å². The summed E-state index contributed by atoms with van der Waals surface area (Å²) in [5, 5.41) is 10.2. The Morgan fingerprint density at radius 2 is 2.18 bits per heavy atom. The van der Waals surface area contributed by atoms with E-state index in [4.69, 9.17) is 9.47 Å². The van der Waals surface area contributed by atoms with Gasteiger partial charge in [-0.05, 0) is 31.9 Å². The Morgan fingerprint density at radius 1 is 1.41 bits per heavy atom. The van der Waals surface area contributed by atoms with Gasteiger partial charge in [0.05, 0.1) is 25.4 Å². The number of fused-ring (bicyclic) bond motifs is 1. The molecule has 3 heteroatoms. The average molecular weight is 236 g/mol. The van der Waals surface area contributed by atoms with E-state index >= 15 is 0 Å². The second kappa shape index (κ2) is 5.52. The second-order valence-corrected chi connectivity index (χ2v) is 4.73. The van der Waals surface area contributed by atoms with Crippen molar-refractivity contribution in [2.75, 3.05) is 13.2 Å². The molecule has 1 N–H and O–H groups in total. The number of rotatable bonds is 4. The molecule has 0 fully saturated rings. The molecule has 1 aromatic rings. The SMILES string of the molecule is CC(C)OCC(O)C1CCOc2ccccc21. The first-order valence-electron chi connectivity index (χ1n) is 6.20. The van der Waals surface area contributed by atoms with Crippen molar-refractivity contribution in [3.8, 4) is 5.75 Å². The van der Waals surface area contributed by atoms with Crippen LogP contribution in [0.5, 0.6) is 5.75 Å². The largest absolute Gasteiger partial charge is 0.493 e. The Hall–Kier alpha value is -1.06. The standard InChI is InChI=1S/C14H20O3/c1-10(2)17-9-13(15)11-7-8-16-14-6-4-3-5-12(11)14/h3-6,10-11,13,15H,7-9H2,1-2H3. The third-order valence-electron chi connectivity index (χ3n) is 3.07. The maximum Gasteiger partial charge on any atom is 0.122 e. The predicted molar refractivity (Wildman–Crippen MR) is 66.4 cm³/mol. The van der Waals surface area contributed by atoms with Crippen LogP contribution in [0.25, 0.3) is 0 Å². The fourth-order valence-electron chi connectivity index (χ4n) is 2.18. The first kappa shape index (κ1) is 12.4. The monoisotopic (exact) mass is 236 g/mol. The normalized spacial score (nSPS) is 20.8. The van der Waals surface area contributed by atoms with Crippen LogP contribution in [0.2, 0.25) is 0 Å². The van der Waals surface area contributed by atoms with Gasteiger partial charge in [-0.1, -0.05) is 18.2 Å². The zero-order chi connectivity index (χ0) is 12.3. The van der Waals surface area contributed by atoms with Gasteiger partial charge in [-0.2, -0.15) is 0 Å². The third kappa shape index (κ3) is 2.99. The van der Waals surface area contributed by atoms with Crippen LogP contribution in [0, 0.1) is 0 Å². The van der Waals surface area contributed by atoms with Gasteiger partial charge in [0, 0.05) is 5.92 Å². The summed E-state index contributed by atoms with van der Waals surface area (Å²) in [4.78, 5) is 0. The summed E-state index contributed by atoms with van der Waals surface area (Å²) in [5.74, 6) is 1.02. The quantitative estimate of drug-likeness (QED) is 0.872. The van der Waals surface area contributed by atoms with Gasteiger partial charge in [-0.25, -0.2) is 0 Å². The lowest BCUT2D eigenvalue weighted by Gasteiger charge is -2.29. The maximum atomic E-state index is 10.2. The molecular formula is C14H20O3. The van der Waals surface area contributed by atoms with E-state index in [0.29, 0.717) is 13.2 Å². The lowest BCUT2D eigenvalue weighted by atomic mass is 9.88. The Kier molecular flexibility index (Phi) is 4.02. The Balaban J connectivity index is 2.07. The van der Waals surface area contributed by atoms with E-state index in [1.54, 1.807) is 0 Å². The minimum atomic E-state index is -0.456. The molecule has 2 atom stereocenters. The number of hydrogen-bond donors (Lipinski definition) is 1. The Morgan fingerprint density at radius 3 is 2.94 bits per heavy atom. The molecule has 17 heavy (non-hydrogen) atoms. The summed E-state index contributed by atoms with van der Waals surface area (Å²) in [6.07, 6.45) is 0.543. The molecule has 1 aliphatic rings. The molecule has 0 radical (unpaired) electrons. The van der Waals surface area contributed by atoms with E-state index in [0.717, 1.165) is 17.7 Å². The zero-order valence-electron chi connectivity index (χ0n) is 10.4. The van der Waals surface area contributed by atoms with E-state index in [1.807, 2.05) is 38.1 Å². The van der Waals surface area contributed by atoms with Gasteiger partial charge in [-0.3, -0.25) is 0 Å². The topological polar surface area (TPSA) is 38.7 Å². The average Bonchev–Trinajstić information content (AvgIpc) is 2.35. The fraction of sp³-hybridized carbons (Fsp3) is 0.571. The van der Waals surface area contributed by atoms with E-state index in [-0.39, 0.29) is 12.0 Å². The molecule has 0 bridgehead atoms. The molecule has 0 saturated carbocycles. The van der Waals surface area contributed by atoms with Crippen molar-refractivity contribution >= 4 is 0 Å². The van der Waals surface area contributed by atoms with Gasteiger partial charge >= 0.3 is 0 Å². The lowest BCUT2D eigenvalue weighted by molar-refractivity contribution is -0.0107. The third-order valence-corrected chi connectivity index (χ3v) is 3.07. The van der Waals surface area contributed by atoms with Crippen LogP contribution >= 0.6 is 0 Å². The van der Waals surface area contributed by atoms with Crippen LogP contribution in [0.4, 0.5) is 0 Å². The van der Waals surface area contributed by atoms with Gasteiger partial charge in [0.1, 0.15) is 5.75 Å². The van der Waals surface area contributed by atoms with Crippen molar-refractivity contribution in [1.82, 2.24) is 0 Å². The molecule has 0 saturated heterocycles. The molecule has 3 nitrogen and oxygen atoms in total. The van der Waals surface area contributed by atoms with Gasteiger partial charge < -0.3 is 14.6 Å². The molecule has 2 unspecified atom stereocenters. The molecule has 0 spiro atoms. The molecule has 2 rings (SSSR count).